The lowest BCUT2D eigenvalue weighted by molar-refractivity contribution is 0.156. The van der Waals surface area contributed by atoms with E-state index in [9.17, 15) is 5.11 Å². The fourth-order valence-electron chi connectivity index (χ4n) is 3.62. The molecule has 2 rings (SSSR count). The highest BCUT2D eigenvalue weighted by Gasteiger charge is 2.37. The maximum Gasteiger partial charge on any atom is 0.0471 e. The van der Waals surface area contributed by atoms with Gasteiger partial charge in [0, 0.05) is 32.3 Å². The van der Waals surface area contributed by atoms with Crippen molar-refractivity contribution in [1.29, 1.82) is 0 Å². The van der Waals surface area contributed by atoms with E-state index in [1.165, 1.54) is 51.7 Å². The van der Waals surface area contributed by atoms with Crippen LogP contribution < -0.4 is 5.32 Å². The number of aliphatic hydroxyl groups is 1. The monoisotopic (exact) mass is 254 g/mol. The Morgan fingerprint density at radius 2 is 2.06 bits per heavy atom. The summed E-state index contributed by atoms with van der Waals surface area (Å²) < 4.78 is 0. The second-order valence-corrected chi connectivity index (χ2v) is 6.82. The van der Waals surface area contributed by atoms with Crippen LogP contribution in [0, 0.1) is 11.3 Å². The van der Waals surface area contributed by atoms with Gasteiger partial charge in [0.05, 0.1) is 0 Å². The largest absolute Gasteiger partial charge is 0.396 e. The first kappa shape index (κ1) is 14.3. The maximum atomic E-state index is 9.25. The van der Waals surface area contributed by atoms with Crippen molar-refractivity contribution in [2.45, 2.75) is 52.0 Å². The molecule has 1 saturated heterocycles. The second kappa shape index (κ2) is 6.36. The topological polar surface area (TPSA) is 35.5 Å². The number of hydrogen-bond acceptors (Lipinski definition) is 3. The van der Waals surface area contributed by atoms with Gasteiger partial charge in [-0.05, 0) is 37.1 Å². The fourth-order valence-corrected chi connectivity index (χ4v) is 3.62. The van der Waals surface area contributed by atoms with Crippen LogP contribution in [0.1, 0.15) is 46.0 Å². The van der Waals surface area contributed by atoms with Crippen LogP contribution in [0.4, 0.5) is 0 Å². The first-order valence-electron chi connectivity index (χ1n) is 7.70. The van der Waals surface area contributed by atoms with E-state index in [1.54, 1.807) is 0 Å². The molecule has 2 N–H and O–H groups in total. The minimum atomic E-state index is 0.369. The molecule has 2 aliphatic rings. The average Bonchev–Trinajstić information content (AvgIpc) is 2.97. The molecule has 1 saturated carbocycles. The van der Waals surface area contributed by atoms with Crippen LogP contribution in [-0.4, -0.2) is 48.8 Å². The summed E-state index contributed by atoms with van der Waals surface area (Å²) in [5.41, 5.74) is 0.509. The Morgan fingerprint density at radius 3 is 2.61 bits per heavy atom. The third-order valence-corrected chi connectivity index (χ3v) is 4.74. The van der Waals surface area contributed by atoms with Crippen LogP contribution >= 0.6 is 0 Å². The second-order valence-electron chi connectivity index (χ2n) is 6.82. The number of aliphatic hydroxyl groups excluding tert-OH is 1. The van der Waals surface area contributed by atoms with Gasteiger partial charge in [-0.2, -0.15) is 0 Å². The third kappa shape index (κ3) is 3.69. The average molecular weight is 254 g/mol. The molecule has 0 radical (unpaired) electrons. The number of nitrogens with zero attached hydrogens (tertiary/aromatic N) is 1. The number of rotatable bonds is 6. The molecule has 0 bridgehead atoms. The predicted octanol–water partition coefficient (Wildman–Crippen LogP) is 1.86. The summed E-state index contributed by atoms with van der Waals surface area (Å²) in [4.78, 5) is 2.59. The van der Waals surface area contributed by atoms with Crippen molar-refractivity contribution in [1.82, 2.24) is 10.2 Å². The van der Waals surface area contributed by atoms with Crippen LogP contribution in [0.5, 0.6) is 0 Å². The zero-order valence-electron chi connectivity index (χ0n) is 12.1. The van der Waals surface area contributed by atoms with E-state index in [0.717, 1.165) is 6.54 Å². The molecule has 0 amide bonds. The summed E-state index contributed by atoms with van der Waals surface area (Å²) in [6, 6.07) is 0.589. The standard InChI is InChI=1S/C15H30N2O/c1-13(2)16-11-15(6-3-4-7-15)12-17-8-5-14(9-17)10-18/h13-14,16,18H,3-12H2,1-2H3. The Balaban J connectivity index is 1.86. The lowest BCUT2D eigenvalue weighted by Crippen LogP contribution is -2.43. The van der Waals surface area contributed by atoms with Crippen molar-refractivity contribution in [3.63, 3.8) is 0 Å². The quantitative estimate of drug-likeness (QED) is 0.759. The first-order chi connectivity index (χ1) is 8.63. The third-order valence-electron chi connectivity index (χ3n) is 4.74. The van der Waals surface area contributed by atoms with Gasteiger partial charge in [0.25, 0.3) is 0 Å². The van der Waals surface area contributed by atoms with Crippen LogP contribution in [0.15, 0.2) is 0 Å². The minimum absolute atomic E-state index is 0.369. The minimum Gasteiger partial charge on any atom is -0.396 e. The van der Waals surface area contributed by atoms with Gasteiger partial charge >= 0.3 is 0 Å². The Hall–Kier alpha value is -0.120. The SMILES string of the molecule is CC(C)NCC1(CN2CCC(CO)C2)CCCC1. The summed E-state index contributed by atoms with van der Waals surface area (Å²) >= 11 is 0. The molecular formula is C15H30N2O. The van der Waals surface area contributed by atoms with Gasteiger partial charge in [0.15, 0.2) is 0 Å². The van der Waals surface area contributed by atoms with Gasteiger partial charge in [0.1, 0.15) is 0 Å². The van der Waals surface area contributed by atoms with Crippen molar-refractivity contribution in [2.75, 3.05) is 32.8 Å². The molecule has 1 atom stereocenters. The number of hydrogen-bond donors (Lipinski definition) is 2. The van der Waals surface area contributed by atoms with Gasteiger partial charge in [0.2, 0.25) is 0 Å². The molecule has 1 unspecified atom stereocenters. The van der Waals surface area contributed by atoms with E-state index in [1.807, 2.05) is 0 Å². The summed E-state index contributed by atoms with van der Waals surface area (Å²) in [5, 5.41) is 12.9. The van der Waals surface area contributed by atoms with E-state index in [4.69, 9.17) is 0 Å². The molecular weight excluding hydrogens is 224 g/mol. The molecule has 1 aliphatic heterocycles. The summed E-state index contributed by atoms with van der Waals surface area (Å²) in [6.45, 7) is 9.55. The molecule has 1 aliphatic carbocycles. The van der Waals surface area contributed by atoms with E-state index >= 15 is 0 Å². The Labute approximate surface area is 112 Å². The van der Waals surface area contributed by atoms with Crippen molar-refractivity contribution < 1.29 is 5.11 Å². The van der Waals surface area contributed by atoms with Gasteiger partial charge in [-0.15, -0.1) is 0 Å². The Morgan fingerprint density at radius 1 is 1.33 bits per heavy atom. The highest BCUT2D eigenvalue weighted by molar-refractivity contribution is 4.91. The molecule has 0 spiro atoms. The molecule has 0 aromatic rings. The van der Waals surface area contributed by atoms with Crippen molar-refractivity contribution in [2.24, 2.45) is 11.3 Å². The lowest BCUT2D eigenvalue weighted by Gasteiger charge is -2.34. The molecule has 1 heterocycles. The van der Waals surface area contributed by atoms with E-state index in [0.29, 0.717) is 24.0 Å². The smallest absolute Gasteiger partial charge is 0.0471 e. The molecule has 0 aromatic carbocycles. The van der Waals surface area contributed by atoms with E-state index in [-0.39, 0.29) is 0 Å². The molecule has 2 fully saturated rings. The zero-order valence-corrected chi connectivity index (χ0v) is 12.1. The van der Waals surface area contributed by atoms with Gasteiger partial charge < -0.3 is 15.3 Å². The maximum absolute atomic E-state index is 9.25. The molecule has 3 heteroatoms. The molecule has 0 aromatic heterocycles. The highest BCUT2D eigenvalue weighted by atomic mass is 16.3. The number of likely N-dealkylation sites (tertiary alicyclic amines) is 1. The zero-order chi connectivity index (χ0) is 13.0. The normalized spacial score (nSPS) is 28.3. The lowest BCUT2D eigenvalue weighted by atomic mass is 9.85. The van der Waals surface area contributed by atoms with Gasteiger partial charge in [-0.3, -0.25) is 0 Å². The van der Waals surface area contributed by atoms with E-state index < -0.39 is 0 Å². The summed E-state index contributed by atoms with van der Waals surface area (Å²) in [5.74, 6) is 0.529. The predicted molar refractivity (Wildman–Crippen MR) is 75.7 cm³/mol. The van der Waals surface area contributed by atoms with Crippen LogP contribution in [0.3, 0.4) is 0 Å². The highest BCUT2D eigenvalue weighted by Crippen LogP contribution is 2.39. The van der Waals surface area contributed by atoms with Crippen molar-refractivity contribution >= 4 is 0 Å². The summed E-state index contributed by atoms with van der Waals surface area (Å²) in [6.07, 6.45) is 6.75. The molecule has 106 valence electrons. The fraction of sp³-hybridized carbons (Fsp3) is 1.00. The van der Waals surface area contributed by atoms with Gasteiger partial charge in [-0.1, -0.05) is 26.7 Å². The summed E-state index contributed by atoms with van der Waals surface area (Å²) in [7, 11) is 0. The van der Waals surface area contributed by atoms with Crippen LogP contribution in [0.25, 0.3) is 0 Å². The number of nitrogens with one attached hydrogen (secondary N) is 1. The van der Waals surface area contributed by atoms with Gasteiger partial charge in [-0.25, -0.2) is 0 Å². The molecule has 3 nitrogen and oxygen atoms in total. The van der Waals surface area contributed by atoms with Crippen molar-refractivity contribution in [3.8, 4) is 0 Å². The van der Waals surface area contributed by atoms with E-state index in [2.05, 4.69) is 24.1 Å². The Bertz CT molecular complexity index is 249. The van der Waals surface area contributed by atoms with Crippen molar-refractivity contribution in [3.05, 3.63) is 0 Å². The molecule has 18 heavy (non-hydrogen) atoms. The Kier molecular flexibility index (Phi) is 5.05. The van der Waals surface area contributed by atoms with Crippen LogP contribution in [0.2, 0.25) is 0 Å². The first-order valence-corrected chi connectivity index (χ1v) is 7.70. The van der Waals surface area contributed by atoms with Crippen LogP contribution in [-0.2, 0) is 0 Å².